The molecule has 0 unspecified atom stereocenters. The van der Waals surface area contributed by atoms with E-state index in [1.54, 1.807) is 0 Å². The first-order valence-corrected chi connectivity index (χ1v) is 6.85. The van der Waals surface area contributed by atoms with E-state index >= 15 is 0 Å². The predicted molar refractivity (Wildman–Crippen MR) is 69.5 cm³/mol. The van der Waals surface area contributed by atoms with Crippen molar-refractivity contribution in [3.05, 3.63) is 0 Å². The molecule has 1 saturated heterocycles. The summed E-state index contributed by atoms with van der Waals surface area (Å²) in [6.45, 7) is 9.15. The Labute approximate surface area is 105 Å². The van der Waals surface area contributed by atoms with Gasteiger partial charge in [0.15, 0.2) is 5.79 Å². The molecule has 0 aromatic carbocycles. The minimum atomic E-state index is -0.291. The lowest BCUT2D eigenvalue weighted by atomic mass is 9.88. The zero-order valence-electron chi connectivity index (χ0n) is 11.4. The summed E-state index contributed by atoms with van der Waals surface area (Å²) in [5.41, 5.74) is 1.52. The molecule has 2 fully saturated rings. The number of ether oxygens (including phenoxy) is 2. The number of rotatable bonds is 2. The highest BCUT2D eigenvalue weighted by molar-refractivity contribution is 5.85. The van der Waals surface area contributed by atoms with E-state index in [1.807, 2.05) is 0 Å². The van der Waals surface area contributed by atoms with Crippen LogP contribution >= 0.6 is 0 Å². The third-order valence-electron chi connectivity index (χ3n) is 3.60. The molecule has 1 aliphatic heterocycles. The molecule has 0 radical (unpaired) electrons. The first kappa shape index (κ1) is 13.0. The highest BCUT2D eigenvalue weighted by atomic mass is 16.7. The van der Waals surface area contributed by atoms with Gasteiger partial charge in [-0.25, -0.2) is 0 Å². The average molecular weight is 239 g/mol. The van der Waals surface area contributed by atoms with Crippen molar-refractivity contribution in [2.45, 2.75) is 58.7 Å². The second-order valence-corrected chi connectivity index (χ2v) is 6.10. The first-order chi connectivity index (χ1) is 8.05. The Bertz CT molecular complexity index is 275. The largest absolute Gasteiger partial charge is 0.349 e. The van der Waals surface area contributed by atoms with Gasteiger partial charge in [0.25, 0.3) is 0 Å². The molecule has 1 spiro atoms. The van der Waals surface area contributed by atoms with Gasteiger partial charge in [-0.05, 0) is 19.3 Å². The number of hydrogen-bond acceptors (Lipinski definition) is 3. The predicted octanol–water partition coefficient (Wildman–Crippen LogP) is 3.18. The molecular weight excluding hydrogens is 214 g/mol. The second kappa shape index (κ2) is 5.07. The summed E-state index contributed by atoms with van der Waals surface area (Å²) in [6.07, 6.45) is 5.17. The lowest BCUT2D eigenvalue weighted by molar-refractivity contribution is -0.305. The molecule has 0 N–H and O–H groups in total. The van der Waals surface area contributed by atoms with E-state index in [1.165, 1.54) is 5.71 Å². The van der Waals surface area contributed by atoms with Crippen LogP contribution in [0, 0.1) is 5.41 Å². The molecule has 1 saturated carbocycles. The third kappa shape index (κ3) is 3.29. The normalized spacial score (nSPS) is 27.1. The molecule has 0 bridgehead atoms. The van der Waals surface area contributed by atoms with Crippen LogP contribution in [0.3, 0.4) is 0 Å². The molecule has 2 rings (SSSR count). The zero-order valence-corrected chi connectivity index (χ0v) is 11.4. The van der Waals surface area contributed by atoms with Crippen LogP contribution in [0.25, 0.3) is 0 Å². The van der Waals surface area contributed by atoms with Crippen molar-refractivity contribution in [3.8, 4) is 0 Å². The molecule has 98 valence electrons. The Morgan fingerprint density at radius 1 is 1.12 bits per heavy atom. The van der Waals surface area contributed by atoms with E-state index in [4.69, 9.17) is 9.47 Å². The summed E-state index contributed by atoms with van der Waals surface area (Å²) in [6, 6.07) is 0. The zero-order chi connectivity index (χ0) is 12.4. The Morgan fingerprint density at radius 2 is 1.71 bits per heavy atom. The summed E-state index contributed by atoms with van der Waals surface area (Å²) in [7, 11) is 0. The van der Waals surface area contributed by atoms with Crippen LogP contribution in [0.4, 0.5) is 0 Å². The van der Waals surface area contributed by atoms with Crippen LogP contribution in [0.15, 0.2) is 4.99 Å². The SMILES string of the molecule is CCCN=C1CCC2(CC1)OCC(C)(C)CO2. The van der Waals surface area contributed by atoms with E-state index in [-0.39, 0.29) is 11.2 Å². The number of nitrogens with zero attached hydrogens (tertiary/aromatic N) is 1. The average Bonchev–Trinajstić information content (AvgIpc) is 2.33. The van der Waals surface area contributed by atoms with Crippen LogP contribution in [0.2, 0.25) is 0 Å². The first-order valence-electron chi connectivity index (χ1n) is 6.85. The van der Waals surface area contributed by atoms with Crippen LogP contribution in [-0.2, 0) is 9.47 Å². The Hall–Kier alpha value is -0.410. The number of aliphatic imine (C=N–C) groups is 1. The molecule has 0 atom stereocenters. The van der Waals surface area contributed by atoms with Gasteiger partial charge in [-0.2, -0.15) is 0 Å². The fourth-order valence-electron chi connectivity index (χ4n) is 2.37. The Balaban J connectivity index is 1.86. The molecule has 3 nitrogen and oxygen atoms in total. The van der Waals surface area contributed by atoms with E-state index in [0.29, 0.717) is 0 Å². The topological polar surface area (TPSA) is 30.8 Å². The van der Waals surface area contributed by atoms with Gasteiger partial charge in [0.2, 0.25) is 0 Å². The van der Waals surface area contributed by atoms with Crippen LogP contribution in [0.5, 0.6) is 0 Å². The maximum Gasteiger partial charge on any atom is 0.169 e. The smallest absolute Gasteiger partial charge is 0.169 e. The van der Waals surface area contributed by atoms with Crippen molar-refractivity contribution in [1.82, 2.24) is 0 Å². The maximum atomic E-state index is 6.00. The summed E-state index contributed by atoms with van der Waals surface area (Å²) in [4.78, 5) is 4.61. The van der Waals surface area contributed by atoms with Crippen LogP contribution in [-0.4, -0.2) is 31.3 Å². The summed E-state index contributed by atoms with van der Waals surface area (Å²) < 4.78 is 12.0. The van der Waals surface area contributed by atoms with Crippen molar-refractivity contribution in [2.75, 3.05) is 19.8 Å². The molecule has 3 heteroatoms. The molecule has 0 aromatic heterocycles. The van der Waals surface area contributed by atoms with Crippen LogP contribution in [0.1, 0.15) is 52.9 Å². The van der Waals surface area contributed by atoms with Gasteiger partial charge in [-0.15, -0.1) is 0 Å². The van der Waals surface area contributed by atoms with Gasteiger partial charge in [0.1, 0.15) is 0 Å². The minimum absolute atomic E-state index is 0.168. The maximum absolute atomic E-state index is 6.00. The quantitative estimate of drug-likeness (QED) is 0.741. The molecular formula is C14H25NO2. The lowest BCUT2D eigenvalue weighted by Gasteiger charge is -2.45. The van der Waals surface area contributed by atoms with Gasteiger partial charge in [-0.1, -0.05) is 20.8 Å². The summed E-state index contributed by atoms with van der Waals surface area (Å²) in [5, 5.41) is 0. The molecule has 0 amide bonds. The monoisotopic (exact) mass is 239 g/mol. The van der Waals surface area contributed by atoms with Gasteiger partial charge in [-0.3, -0.25) is 4.99 Å². The second-order valence-electron chi connectivity index (χ2n) is 6.10. The van der Waals surface area contributed by atoms with Crippen molar-refractivity contribution < 1.29 is 9.47 Å². The number of hydrogen-bond donors (Lipinski definition) is 0. The molecule has 2 aliphatic rings. The van der Waals surface area contributed by atoms with E-state index < -0.39 is 0 Å². The van der Waals surface area contributed by atoms with Crippen molar-refractivity contribution in [3.63, 3.8) is 0 Å². The molecule has 1 heterocycles. The Morgan fingerprint density at radius 3 is 2.24 bits per heavy atom. The van der Waals surface area contributed by atoms with Gasteiger partial charge >= 0.3 is 0 Å². The van der Waals surface area contributed by atoms with Gasteiger partial charge < -0.3 is 9.47 Å². The lowest BCUT2D eigenvalue weighted by Crippen LogP contribution is -2.49. The minimum Gasteiger partial charge on any atom is -0.349 e. The van der Waals surface area contributed by atoms with Crippen molar-refractivity contribution in [2.24, 2.45) is 10.4 Å². The molecule has 1 aliphatic carbocycles. The van der Waals surface area contributed by atoms with E-state index in [9.17, 15) is 0 Å². The third-order valence-corrected chi connectivity index (χ3v) is 3.60. The van der Waals surface area contributed by atoms with Crippen molar-refractivity contribution >= 4 is 5.71 Å². The Kier molecular flexibility index (Phi) is 3.88. The summed E-state index contributed by atoms with van der Waals surface area (Å²) >= 11 is 0. The molecule has 0 aromatic rings. The van der Waals surface area contributed by atoms with Crippen LogP contribution < -0.4 is 0 Å². The van der Waals surface area contributed by atoms with Gasteiger partial charge in [0.05, 0.1) is 13.2 Å². The fraction of sp³-hybridized carbons (Fsp3) is 0.929. The van der Waals surface area contributed by atoms with Gasteiger partial charge in [0, 0.05) is 30.5 Å². The highest BCUT2D eigenvalue weighted by Crippen LogP contribution is 2.38. The fourth-order valence-corrected chi connectivity index (χ4v) is 2.37. The summed E-state index contributed by atoms with van der Waals surface area (Å²) in [5.74, 6) is -0.291. The molecule has 17 heavy (non-hydrogen) atoms. The van der Waals surface area contributed by atoms with E-state index in [2.05, 4.69) is 25.8 Å². The highest BCUT2D eigenvalue weighted by Gasteiger charge is 2.42. The van der Waals surface area contributed by atoms with Crippen molar-refractivity contribution in [1.29, 1.82) is 0 Å². The van der Waals surface area contributed by atoms with E-state index in [0.717, 1.165) is 51.9 Å². The standard InChI is InChI=1S/C14H25NO2/c1-4-9-15-12-5-7-14(8-6-12)16-10-13(2,3)11-17-14/h4-11H2,1-3H3.